The predicted molar refractivity (Wildman–Crippen MR) is 83.8 cm³/mol. The minimum atomic E-state index is -4.81. The van der Waals surface area contributed by atoms with Crippen molar-refractivity contribution in [2.45, 2.75) is 6.36 Å². The van der Waals surface area contributed by atoms with E-state index in [4.69, 9.17) is 4.42 Å². The van der Waals surface area contributed by atoms with Gasteiger partial charge in [0.25, 0.3) is 11.8 Å². The molecule has 1 heterocycles. The van der Waals surface area contributed by atoms with Crippen molar-refractivity contribution in [1.29, 1.82) is 0 Å². The molecule has 0 unspecified atom stereocenters. The number of alkyl halides is 3. The van der Waals surface area contributed by atoms with E-state index in [1.54, 1.807) is 0 Å². The van der Waals surface area contributed by atoms with Gasteiger partial charge in [-0.3, -0.25) is 14.4 Å². The van der Waals surface area contributed by atoms with Gasteiger partial charge in [-0.15, -0.1) is 13.2 Å². The Balaban J connectivity index is 1.70. The van der Waals surface area contributed by atoms with Gasteiger partial charge in [-0.2, -0.15) is 0 Å². The maximum Gasteiger partial charge on any atom is 0.573 e. The van der Waals surface area contributed by atoms with E-state index < -0.39 is 43.0 Å². The number of furan rings is 1. The topological polar surface area (TPSA) is 107 Å². The van der Waals surface area contributed by atoms with Crippen LogP contribution in [0, 0.1) is 0 Å². The highest BCUT2D eigenvalue weighted by Crippen LogP contribution is 2.23. The van der Waals surface area contributed by atoms with Crippen molar-refractivity contribution in [2.24, 2.45) is 0 Å². The number of rotatable bonds is 7. The van der Waals surface area contributed by atoms with E-state index in [1.165, 1.54) is 30.5 Å². The zero-order valence-corrected chi connectivity index (χ0v) is 13.5. The highest BCUT2D eigenvalue weighted by molar-refractivity contribution is 5.95. The Bertz CT molecular complexity index is 787. The minimum absolute atomic E-state index is 0.0125. The normalized spacial score (nSPS) is 10.8. The van der Waals surface area contributed by atoms with Crippen molar-refractivity contribution < 1.29 is 41.4 Å². The van der Waals surface area contributed by atoms with Crippen LogP contribution in [-0.4, -0.2) is 37.3 Å². The predicted octanol–water partition coefficient (Wildman–Crippen LogP) is 2.09. The molecule has 8 nitrogen and oxygen atoms in total. The first-order chi connectivity index (χ1) is 12.7. The van der Waals surface area contributed by atoms with Gasteiger partial charge >= 0.3 is 12.3 Å². The molecule has 2 N–H and O–H groups in total. The number of halogens is 3. The molecule has 2 rings (SSSR count). The fraction of sp³-hybridized carbons (Fsp3) is 0.188. The molecule has 144 valence electrons. The molecule has 0 radical (unpaired) electrons. The molecule has 27 heavy (non-hydrogen) atoms. The lowest BCUT2D eigenvalue weighted by atomic mass is 10.3. The quantitative estimate of drug-likeness (QED) is 0.706. The summed E-state index contributed by atoms with van der Waals surface area (Å²) in [5, 5.41) is 4.56. The maximum absolute atomic E-state index is 12.0. The Morgan fingerprint density at radius 3 is 2.37 bits per heavy atom. The second-order valence-electron chi connectivity index (χ2n) is 4.94. The van der Waals surface area contributed by atoms with Crippen molar-refractivity contribution in [3.05, 3.63) is 48.4 Å². The molecule has 0 aliphatic carbocycles. The monoisotopic (exact) mass is 386 g/mol. The van der Waals surface area contributed by atoms with E-state index in [1.807, 2.05) is 0 Å². The van der Waals surface area contributed by atoms with E-state index in [0.717, 1.165) is 12.1 Å². The standard InChI is InChI=1S/C16H13F3N2O6/c17-16(18,19)27-11-5-3-10(4-6-11)21-13(22)9-26-14(23)8-20-15(24)12-2-1-7-25-12/h1-7H,8-9H2,(H,20,24)(H,21,22). The summed E-state index contributed by atoms with van der Waals surface area (Å²) < 4.78 is 49.3. The van der Waals surface area contributed by atoms with Crippen LogP contribution in [0.15, 0.2) is 47.1 Å². The van der Waals surface area contributed by atoms with Gasteiger partial charge in [0.2, 0.25) is 0 Å². The Labute approximate surface area is 150 Å². The second kappa shape index (κ2) is 8.74. The zero-order valence-electron chi connectivity index (χ0n) is 13.5. The van der Waals surface area contributed by atoms with E-state index in [9.17, 15) is 27.6 Å². The van der Waals surface area contributed by atoms with Crippen LogP contribution in [-0.2, 0) is 14.3 Å². The van der Waals surface area contributed by atoms with Crippen LogP contribution in [0.3, 0.4) is 0 Å². The molecule has 2 aromatic rings. The van der Waals surface area contributed by atoms with Gasteiger partial charge in [-0.25, -0.2) is 0 Å². The number of carbonyl (C=O) groups is 3. The van der Waals surface area contributed by atoms with Gasteiger partial charge in [0, 0.05) is 5.69 Å². The van der Waals surface area contributed by atoms with Gasteiger partial charge < -0.3 is 24.5 Å². The highest BCUT2D eigenvalue weighted by atomic mass is 19.4. The lowest BCUT2D eigenvalue weighted by Crippen LogP contribution is -2.32. The number of anilines is 1. The molecule has 11 heteroatoms. The first-order valence-electron chi connectivity index (χ1n) is 7.36. The summed E-state index contributed by atoms with van der Waals surface area (Å²) in [7, 11) is 0. The molecule has 0 bridgehead atoms. The number of hydrogen-bond acceptors (Lipinski definition) is 6. The molecule has 1 aromatic carbocycles. The van der Waals surface area contributed by atoms with Gasteiger partial charge in [0.1, 0.15) is 12.3 Å². The fourth-order valence-electron chi connectivity index (χ4n) is 1.78. The van der Waals surface area contributed by atoms with Crippen molar-refractivity contribution in [3.63, 3.8) is 0 Å². The van der Waals surface area contributed by atoms with E-state index >= 15 is 0 Å². The first kappa shape index (κ1) is 19.8. The molecule has 2 amide bonds. The van der Waals surface area contributed by atoms with Crippen LogP contribution in [0.1, 0.15) is 10.6 Å². The number of nitrogens with one attached hydrogen (secondary N) is 2. The maximum atomic E-state index is 12.0. The number of carbonyl (C=O) groups excluding carboxylic acids is 3. The smallest absolute Gasteiger partial charge is 0.459 e. The molecular formula is C16H13F3N2O6. The van der Waals surface area contributed by atoms with E-state index in [2.05, 4.69) is 20.1 Å². The molecule has 0 saturated carbocycles. The van der Waals surface area contributed by atoms with Crippen LogP contribution in [0.2, 0.25) is 0 Å². The molecule has 0 aliphatic heterocycles. The Hall–Kier alpha value is -3.50. The molecule has 0 fully saturated rings. The minimum Gasteiger partial charge on any atom is -0.459 e. The molecule has 0 atom stereocenters. The van der Waals surface area contributed by atoms with Gasteiger partial charge in [0.05, 0.1) is 6.26 Å². The van der Waals surface area contributed by atoms with Crippen molar-refractivity contribution in [1.82, 2.24) is 5.32 Å². The molecule has 0 aliphatic rings. The van der Waals surface area contributed by atoms with E-state index in [0.29, 0.717) is 0 Å². The summed E-state index contributed by atoms with van der Waals surface area (Å²) in [5.41, 5.74) is 0.177. The number of esters is 1. The average molecular weight is 386 g/mol. The summed E-state index contributed by atoms with van der Waals surface area (Å²) in [5.74, 6) is -2.63. The third-order valence-electron chi connectivity index (χ3n) is 2.87. The first-order valence-corrected chi connectivity index (χ1v) is 7.36. The fourth-order valence-corrected chi connectivity index (χ4v) is 1.78. The average Bonchev–Trinajstić information content (AvgIpc) is 3.13. The van der Waals surface area contributed by atoms with Gasteiger partial charge in [-0.1, -0.05) is 0 Å². The largest absolute Gasteiger partial charge is 0.573 e. The highest BCUT2D eigenvalue weighted by Gasteiger charge is 2.30. The zero-order chi connectivity index (χ0) is 19.9. The third-order valence-corrected chi connectivity index (χ3v) is 2.87. The molecule has 1 aromatic heterocycles. The number of amides is 2. The number of benzene rings is 1. The van der Waals surface area contributed by atoms with Crippen LogP contribution in [0.4, 0.5) is 18.9 Å². The summed E-state index contributed by atoms with van der Waals surface area (Å²) >= 11 is 0. The Kier molecular flexibility index (Phi) is 6.41. The van der Waals surface area contributed by atoms with Crippen LogP contribution >= 0.6 is 0 Å². The van der Waals surface area contributed by atoms with Crippen LogP contribution in [0.5, 0.6) is 5.75 Å². The second-order valence-corrected chi connectivity index (χ2v) is 4.94. The number of hydrogen-bond donors (Lipinski definition) is 2. The molecule has 0 saturated heterocycles. The van der Waals surface area contributed by atoms with Gasteiger partial charge in [-0.05, 0) is 36.4 Å². The Morgan fingerprint density at radius 2 is 1.78 bits per heavy atom. The lowest BCUT2D eigenvalue weighted by Gasteiger charge is -2.10. The summed E-state index contributed by atoms with van der Waals surface area (Å²) in [6, 6.07) is 7.30. The SMILES string of the molecule is O=C(COC(=O)CNC(=O)c1ccco1)Nc1ccc(OC(F)(F)F)cc1. The Morgan fingerprint density at radius 1 is 1.07 bits per heavy atom. The van der Waals surface area contributed by atoms with Crippen LogP contribution < -0.4 is 15.4 Å². The summed E-state index contributed by atoms with van der Waals surface area (Å²) in [6.45, 7) is -1.12. The third kappa shape index (κ3) is 7.10. The van der Waals surface area contributed by atoms with Gasteiger partial charge in [0.15, 0.2) is 12.4 Å². The molecule has 0 spiro atoms. The van der Waals surface area contributed by atoms with Crippen LogP contribution in [0.25, 0.3) is 0 Å². The lowest BCUT2D eigenvalue weighted by molar-refractivity contribution is -0.274. The number of ether oxygens (including phenoxy) is 2. The van der Waals surface area contributed by atoms with Crippen molar-refractivity contribution >= 4 is 23.5 Å². The summed E-state index contributed by atoms with van der Waals surface area (Å²) in [4.78, 5) is 34.7. The summed E-state index contributed by atoms with van der Waals surface area (Å²) in [6.07, 6.45) is -3.52. The molecular weight excluding hydrogens is 373 g/mol. The van der Waals surface area contributed by atoms with Crippen molar-refractivity contribution in [2.75, 3.05) is 18.5 Å². The van der Waals surface area contributed by atoms with Crippen molar-refractivity contribution in [3.8, 4) is 5.75 Å². The van der Waals surface area contributed by atoms with E-state index in [-0.39, 0.29) is 11.4 Å².